The number of rotatable bonds is 7. The van der Waals surface area contributed by atoms with Crippen LogP contribution in [0, 0.1) is 5.92 Å². The Balaban J connectivity index is 3.09. The van der Waals surface area contributed by atoms with Crippen LogP contribution in [0.25, 0.3) is 0 Å². The first-order valence-corrected chi connectivity index (χ1v) is 5.64. The van der Waals surface area contributed by atoms with Gasteiger partial charge in [-0.2, -0.15) is 0 Å². The number of unbranched alkanes of at least 4 members (excludes halogenated alkanes) is 3. The van der Waals surface area contributed by atoms with Crippen molar-refractivity contribution in [2.45, 2.75) is 71.8 Å². The molecule has 0 saturated carbocycles. The SMILES string of the molecule is CC(C)CCCCCCC(C)(C)O. The first-order valence-electron chi connectivity index (χ1n) is 5.64. The molecule has 80 valence electrons. The minimum atomic E-state index is -0.460. The molecular weight excluding hydrogens is 160 g/mol. The second-order valence-corrected chi connectivity index (χ2v) is 5.16. The van der Waals surface area contributed by atoms with Gasteiger partial charge in [-0.1, -0.05) is 46.0 Å². The molecular formula is C12H26O. The molecule has 0 amide bonds. The maximum atomic E-state index is 9.46. The van der Waals surface area contributed by atoms with Crippen molar-refractivity contribution in [3.63, 3.8) is 0 Å². The van der Waals surface area contributed by atoms with E-state index in [2.05, 4.69) is 13.8 Å². The highest BCUT2D eigenvalue weighted by Crippen LogP contribution is 2.15. The van der Waals surface area contributed by atoms with Crippen molar-refractivity contribution in [3.8, 4) is 0 Å². The van der Waals surface area contributed by atoms with Crippen LogP contribution in [-0.2, 0) is 0 Å². The molecule has 0 aromatic rings. The lowest BCUT2D eigenvalue weighted by Crippen LogP contribution is -2.17. The Bertz CT molecular complexity index is 111. The topological polar surface area (TPSA) is 20.2 Å². The predicted molar refractivity (Wildman–Crippen MR) is 58.8 cm³/mol. The molecule has 0 aromatic carbocycles. The molecule has 0 spiro atoms. The maximum absolute atomic E-state index is 9.46. The van der Waals surface area contributed by atoms with Crippen molar-refractivity contribution in [3.05, 3.63) is 0 Å². The van der Waals surface area contributed by atoms with Gasteiger partial charge in [0.05, 0.1) is 5.60 Å². The van der Waals surface area contributed by atoms with E-state index in [-0.39, 0.29) is 0 Å². The fourth-order valence-electron chi connectivity index (χ4n) is 1.46. The minimum absolute atomic E-state index is 0.460. The molecule has 0 atom stereocenters. The molecule has 13 heavy (non-hydrogen) atoms. The summed E-state index contributed by atoms with van der Waals surface area (Å²) in [6.07, 6.45) is 7.41. The summed E-state index contributed by atoms with van der Waals surface area (Å²) in [6.45, 7) is 8.33. The number of hydrogen-bond acceptors (Lipinski definition) is 1. The molecule has 1 heteroatoms. The minimum Gasteiger partial charge on any atom is -0.390 e. The summed E-state index contributed by atoms with van der Waals surface area (Å²) in [7, 11) is 0. The lowest BCUT2D eigenvalue weighted by atomic mass is 9.99. The highest BCUT2D eigenvalue weighted by molar-refractivity contribution is 4.64. The van der Waals surface area contributed by atoms with Crippen LogP contribution in [-0.4, -0.2) is 10.7 Å². The van der Waals surface area contributed by atoms with E-state index < -0.39 is 5.60 Å². The molecule has 0 aliphatic heterocycles. The smallest absolute Gasteiger partial charge is 0.0591 e. The van der Waals surface area contributed by atoms with Gasteiger partial charge in [-0.25, -0.2) is 0 Å². The van der Waals surface area contributed by atoms with Gasteiger partial charge in [0.2, 0.25) is 0 Å². The van der Waals surface area contributed by atoms with Gasteiger partial charge in [-0.05, 0) is 26.2 Å². The van der Waals surface area contributed by atoms with Gasteiger partial charge < -0.3 is 5.11 Å². The summed E-state index contributed by atoms with van der Waals surface area (Å²) in [4.78, 5) is 0. The second-order valence-electron chi connectivity index (χ2n) is 5.16. The number of aliphatic hydroxyl groups is 1. The summed E-state index contributed by atoms with van der Waals surface area (Å²) in [5.74, 6) is 0.842. The van der Waals surface area contributed by atoms with E-state index in [4.69, 9.17) is 0 Å². The highest BCUT2D eigenvalue weighted by atomic mass is 16.3. The summed E-state index contributed by atoms with van der Waals surface area (Å²) in [5.41, 5.74) is -0.460. The van der Waals surface area contributed by atoms with Crippen molar-refractivity contribution in [1.29, 1.82) is 0 Å². The summed E-state index contributed by atoms with van der Waals surface area (Å²) in [5, 5.41) is 9.46. The third-order valence-corrected chi connectivity index (χ3v) is 2.32. The second kappa shape index (κ2) is 6.42. The van der Waals surface area contributed by atoms with Crippen LogP contribution in [0.2, 0.25) is 0 Å². The van der Waals surface area contributed by atoms with E-state index in [1.807, 2.05) is 13.8 Å². The highest BCUT2D eigenvalue weighted by Gasteiger charge is 2.10. The van der Waals surface area contributed by atoms with Crippen LogP contribution in [0.4, 0.5) is 0 Å². The van der Waals surface area contributed by atoms with Crippen LogP contribution < -0.4 is 0 Å². The monoisotopic (exact) mass is 186 g/mol. The first kappa shape index (κ1) is 13.0. The molecule has 0 unspecified atom stereocenters. The summed E-state index contributed by atoms with van der Waals surface area (Å²) in [6, 6.07) is 0. The van der Waals surface area contributed by atoms with Gasteiger partial charge >= 0.3 is 0 Å². The largest absolute Gasteiger partial charge is 0.390 e. The Morgan fingerprint density at radius 2 is 1.54 bits per heavy atom. The van der Waals surface area contributed by atoms with Gasteiger partial charge in [0, 0.05) is 0 Å². The number of hydrogen-bond donors (Lipinski definition) is 1. The fraction of sp³-hybridized carbons (Fsp3) is 1.00. The molecule has 0 aliphatic carbocycles. The average Bonchev–Trinajstić information content (AvgIpc) is 1.93. The van der Waals surface area contributed by atoms with Gasteiger partial charge in [-0.15, -0.1) is 0 Å². The maximum Gasteiger partial charge on any atom is 0.0591 e. The van der Waals surface area contributed by atoms with E-state index >= 15 is 0 Å². The van der Waals surface area contributed by atoms with Crippen LogP contribution in [0.5, 0.6) is 0 Å². The Labute approximate surface area is 83.5 Å². The van der Waals surface area contributed by atoms with E-state index in [1.54, 1.807) is 0 Å². The standard InChI is InChI=1S/C12H26O/c1-11(2)9-7-5-6-8-10-12(3,4)13/h11,13H,5-10H2,1-4H3. The zero-order valence-corrected chi connectivity index (χ0v) is 9.77. The van der Waals surface area contributed by atoms with E-state index in [0.29, 0.717) is 0 Å². The van der Waals surface area contributed by atoms with E-state index in [9.17, 15) is 5.11 Å². The van der Waals surface area contributed by atoms with Crippen molar-refractivity contribution in [1.82, 2.24) is 0 Å². The third-order valence-electron chi connectivity index (χ3n) is 2.32. The van der Waals surface area contributed by atoms with Crippen molar-refractivity contribution >= 4 is 0 Å². The molecule has 0 heterocycles. The molecule has 1 nitrogen and oxygen atoms in total. The average molecular weight is 186 g/mol. The zero-order chi connectivity index (χ0) is 10.3. The normalized spacial score (nSPS) is 12.5. The molecule has 0 bridgehead atoms. The first-order chi connectivity index (χ1) is 5.92. The van der Waals surface area contributed by atoms with E-state index in [0.717, 1.165) is 12.3 Å². The Morgan fingerprint density at radius 1 is 1.00 bits per heavy atom. The van der Waals surface area contributed by atoms with Crippen LogP contribution in [0.3, 0.4) is 0 Å². The Kier molecular flexibility index (Phi) is 6.40. The molecule has 0 aromatic heterocycles. The van der Waals surface area contributed by atoms with Gasteiger partial charge in [0.15, 0.2) is 0 Å². The molecule has 0 saturated heterocycles. The zero-order valence-electron chi connectivity index (χ0n) is 9.77. The molecule has 0 aliphatic rings. The summed E-state index contributed by atoms with van der Waals surface area (Å²) < 4.78 is 0. The quantitative estimate of drug-likeness (QED) is 0.600. The van der Waals surface area contributed by atoms with Gasteiger partial charge in [0.25, 0.3) is 0 Å². The van der Waals surface area contributed by atoms with Crippen LogP contribution in [0.1, 0.15) is 66.2 Å². The van der Waals surface area contributed by atoms with Gasteiger partial charge in [0.1, 0.15) is 0 Å². The predicted octanol–water partition coefficient (Wildman–Crippen LogP) is 3.75. The lowest BCUT2D eigenvalue weighted by Gasteiger charge is -2.16. The lowest BCUT2D eigenvalue weighted by molar-refractivity contribution is 0.0680. The van der Waals surface area contributed by atoms with E-state index in [1.165, 1.54) is 32.1 Å². The van der Waals surface area contributed by atoms with Crippen molar-refractivity contribution in [2.75, 3.05) is 0 Å². The molecule has 0 fully saturated rings. The Hall–Kier alpha value is -0.0400. The molecule has 0 radical (unpaired) electrons. The molecule has 1 N–H and O–H groups in total. The van der Waals surface area contributed by atoms with Gasteiger partial charge in [-0.3, -0.25) is 0 Å². The van der Waals surface area contributed by atoms with Crippen LogP contribution >= 0.6 is 0 Å². The third kappa shape index (κ3) is 12.0. The van der Waals surface area contributed by atoms with Crippen molar-refractivity contribution < 1.29 is 5.11 Å². The summed E-state index contributed by atoms with van der Waals surface area (Å²) >= 11 is 0. The van der Waals surface area contributed by atoms with Crippen molar-refractivity contribution in [2.24, 2.45) is 5.92 Å². The fourth-order valence-corrected chi connectivity index (χ4v) is 1.46. The molecule has 0 rings (SSSR count). The Morgan fingerprint density at radius 3 is 2.00 bits per heavy atom. The van der Waals surface area contributed by atoms with Crippen LogP contribution in [0.15, 0.2) is 0 Å².